The monoisotopic (exact) mass is 601 g/mol. The molecule has 17 heteroatoms. The van der Waals surface area contributed by atoms with Crippen molar-refractivity contribution < 1.29 is 23.1 Å². The lowest BCUT2D eigenvalue weighted by atomic mass is 10.3. The summed E-state index contributed by atoms with van der Waals surface area (Å²) in [5, 5.41) is 4.88. The van der Waals surface area contributed by atoms with Crippen LogP contribution >= 0.6 is 11.3 Å². The lowest BCUT2D eigenvalue weighted by molar-refractivity contribution is -0.123. The van der Waals surface area contributed by atoms with Crippen LogP contribution in [0.25, 0.3) is 21.7 Å². The van der Waals surface area contributed by atoms with Gasteiger partial charge in [-0.25, -0.2) is 33.5 Å². The Morgan fingerprint density at radius 3 is 2.55 bits per heavy atom. The Morgan fingerprint density at radius 2 is 1.88 bits per heavy atom. The number of hydrogen-bond donors (Lipinski definition) is 1. The maximum Gasteiger partial charge on any atom is 0.332 e. The molecule has 3 unspecified atom stereocenters. The number of nitrogens with one attached hydrogen (secondary N) is 1. The van der Waals surface area contributed by atoms with E-state index in [-0.39, 0.29) is 36.7 Å². The third-order valence-corrected chi connectivity index (χ3v) is 8.51. The topological polar surface area (TPSA) is 159 Å². The summed E-state index contributed by atoms with van der Waals surface area (Å²) in [6.45, 7) is 1.26. The van der Waals surface area contributed by atoms with Crippen LogP contribution in [0.3, 0.4) is 0 Å². The molecule has 1 N–H and O–H groups in total. The normalized spacial score (nSPS) is 19.6. The number of carbonyl (C=O) groups is 2. The van der Waals surface area contributed by atoms with E-state index in [0.717, 1.165) is 9.13 Å². The Kier molecular flexibility index (Phi) is 6.72. The highest BCUT2D eigenvalue weighted by atomic mass is 32.1. The second kappa shape index (κ2) is 10.2. The maximum atomic E-state index is 13.5. The lowest BCUT2D eigenvalue weighted by Gasteiger charge is -2.19. The number of thiazole rings is 1. The van der Waals surface area contributed by atoms with Crippen LogP contribution in [0.4, 0.5) is 20.5 Å². The molecule has 4 aromatic rings. The standard InChI is InChI=1S/C25H25F2N9O5S/c1-12(36-11-30-19-18(36)22(39)35(24(40)33(19)2)6-14(37)9-41-3)20(38)31-17-10-42-21(32-17)13-4-28-23(29-5-13)34-7-15-16(8-34)25(15,26)27/h4-5,10-12,15-16H,6-9H2,1-3H3,(H,31,38). The van der Waals surface area contributed by atoms with Crippen LogP contribution in [-0.4, -0.2) is 78.1 Å². The number of Topliss-reactive ketones (excluding diaryl/α,β-unsaturated/α-hetero) is 1. The molecule has 6 rings (SSSR count). The summed E-state index contributed by atoms with van der Waals surface area (Å²) in [4.78, 5) is 70.1. The molecular weight excluding hydrogens is 576 g/mol. The molecule has 0 aromatic carbocycles. The molecular formula is C25H25F2N9O5S. The molecule has 0 bridgehead atoms. The zero-order chi connectivity index (χ0) is 29.9. The van der Waals surface area contributed by atoms with Gasteiger partial charge in [-0.15, -0.1) is 11.3 Å². The minimum absolute atomic E-state index is 0.0137. The Morgan fingerprint density at radius 1 is 1.19 bits per heavy atom. The van der Waals surface area contributed by atoms with Crippen molar-refractivity contribution in [1.82, 2.24) is 33.6 Å². The first-order valence-corrected chi connectivity index (χ1v) is 13.8. The van der Waals surface area contributed by atoms with E-state index in [2.05, 4.69) is 25.3 Å². The van der Waals surface area contributed by atoms with Gasteiger partial charge in [0.1, 0.15) is 23.5 Å². The second-order valence-corrected chi connectivity index (χ2v) is 11.2. The highest BCUT2D eigenvalue weighted by molar-refractivity contribution is 7.13. The number of methoxy groups -OCH3 is 1. The van der Waals surface area contributed by atoms with E-state index in [1.165, 1.54) is 36.4 Å². The third kappa shape index (κ3) is 4.57. The van der Waals surface area contributed by atoms with Gasteiger partial charge in [0.05, 0.1) is 24.7 Å². The summed E-state index contributed by atoms with van der Waals surface area (Å²) < 4.78 is 35.0. The number of imidazole rings is 1. The number of amides is 1. The Bertz CT molecular complexity index is 1820. The Labute approximate surface area is 239 Å². The minimum Gasteiger partial charge on any atom is -0.377 e. The van der Waals surface area contributed by atoms with Crippen molar-refractivity contribution in [3.63, 3.8) is 0 Å². The van der Waals surface area contributed by atoms with Crippen LogP contribution in [0, 0.1) is 11.8 Å². The molecule has 0 spiro atoms. The van der Waals surface area contributed by atoms with Crippen LogP contribution in [0.1, 0.15) is 13.0 Å². The van der Waals surface area contributed by atoms with Crippen LogP contribution in [-0.2, 0) is 27.9 Å². The molecule has 0 radical (unpaired) electrons. The van der Waals surface area contributed by atoms with E-state index in [4.69, 9.17) is 4.74 Å². The summed E-state index contributed by atoms with van der Waals surface area (Å²) in [5.41, 5.74) is -0.824. The first-order valence-electron chi connectivity index (χ1n) is 12.9. The van der Waals surface area contributed by atoms with Gasteiger partial charge in [-0.2, -0.15) is 0 Å². The number of fused-ring (bicyclic) bond motifs is 2. The van der Waals surface area contributed by atoms with Crippen LogP contribution in [0.15, 0.2) is 33.7 Å². The summed E-state index contributed by atoms with van der Waals surface area (Å²) in [6, 6.07) is -0.935. The Balaban J connectivity index is 1.17. The number of ketones is 1. The van der Waals surface area contributed by atoms with Gasteiger partial charge < -0.3 is 19.5 Å². The van der Waals surface area contributed by atoms with Crippen molar-refractivity contribution >= 4 is 46.0 Å². The second-order valence-electron chi connectivity index (χ2n) is 10.3. The van der Waals surface area contributed by atoms with Gasteiger partial charge in [0, 0.05) is 50.6 Å². The van der Waals surface area contributed by atoms with Crippen LogP contribution < -0.4 is 21.5 Å². The Hall–Kier alpha value is -4.38. The van der Waals surface area contributed by atoms with E-state index >= 15 is 0 Å². The number of carbonyl (C=O) groups excluding carboxylic acids is 2. The van der Waals surface area contributed by atoms with Crippen molar-refractivity contribution in [2.24, 2.45) is 18.9 Å². The summed E-state index contributed by atoms with van der Waals surface area (Å²) in [7, 11) is 2.75. The van der Waals surface area contributed by atoms with Gasteiger partial charge in [0.15, 0.2) is 16.9 Å². The number of piperidine rings is 1. The predicted molar refractivity (Wildman–Crippen MR) is 147 cm³/mol. The summed E-state index contributed by atoms with van der Waals surface area (Å²) in [5.74, 6) is -4.17. The largest absolute Gasteiger partial charge is 0.377 e. The SMILES string of the molecule is COCC(=O)Cn1c(=O)c2c(ncn2C(C)C(=O)Nc2csc(-c3cnc(N4CC5C(C4)C5(F)F)nc3)n2)n(C)c1=O. The third-order valence-electron chi connectivity index (χ3n) is 7.62. The number of aromatic nitrogens is 7. The first-order chi connectivity index (χ1) is 20.0. The van der Waals surface area contributed by atoms with Crippen molar-refractivity contribution in [3.05, 3.63) is 44.9 Å². The van der Waals surface area contributed by atoms with Crippen molar-refractivity contribution in [2.45, 2.75) is 25.4 Å². The van der Waals surface area contributed by atoms with Crippen molar-refractivity contribution in [3.8, 4) is 10.6 Å². The van der Waals surface area contributed by atoms with Gasteiger partial charge in [-0.3, -0.25) is 23.5 Å². The number of aryl methyl sites for hydroxylation is 1. The zero-order valence-electron chi connectivity index (χ0n) is 22.7. The number of ether oxygens (including phenoxy) is 1. The number of anilines is 2. The number of alkyl halides is 2. The summed E-state index contributed by atoms with van der Waals surface area (Å²) in [6.07, 6.45) is 4.40. The predicted octanol–water partition coefficient (Wildman–Crippen LogP) is 0.927. The van der Waals surface area contributed by atoms with E-state index in [9.17, 15) is 28.0 Å². The molecule has 2 aliphatic rings. The highest BCUT2D eigenvalue weighted by Gasteiger charge is 2.72. The van der Waals surface area contributed by atoms with Gasteiger partial charge >= 0.3 is 5.69 Å². The number of rotatable bonds is 9. The smallest absolute Gasteiger partial charge is 0.332 e. The fourth-order valence-electron chi connectivity index (χ4n) is 5.19. The summed E-state index contributed by atoms with van der Waals surface area (Å²) >= 11 is 1.25. The van der Waals surface area contributed by atoms with E-state index in [1.54, 1.807) is 29.6 Å². The molecule has 1 saturated carbocycles. The number of halogens is 2. The molecule has 5 heterocycles. The fourth-order valence-corrected chi connectivity index (χ4v) is 5.92. The lowest BCUT2D eigenvalue weighted by Crippen LogP contribution is -2.42. The molecule has 4 aromatic heterocycles. The fraction of sp³-hybridized carbons (Fsp3) is 0.440. The molecule has 1 amide bonds. The molecule has 14 nitrogen and oxygen atoms in total. The molecule has 3 atom stereocenters. The maximum absolute atomic E-state index is 13.5. The van der Waals surface area contributed by atoms with Crippen LogP contribution in [0.2, 0.25) is 0 Å². The van der Waals surface area contributed by atoms with Gasteiger partial charge in [0.25, 0.3) is 11.5 Å². The minimum atomic E-state index is -2.58. The molecule has 1 saturated heterocycles. The van der Waals surface area contributed by atoms with E-state index < -0.39 is 53.3 Å². The first kappa shape index (κ1) is 27.8. The van der Waals surface area contributed by atoms with Gasteiger partial charge in [-0.05, 0) is 6.92 Å². The quantitative estimate of drug-likeness (QED) is 0.292. The van der Waals surface area contributed by atoms with Crippen molar-refractivity contribution in [1.29, 1.82) is 0 Å². The van der Waals surface area contributed by atoms with Gasteiger partial charge in [-0.1, -0.05) is 0 Å². The molecule has 2 fully saturated rings. The zero-order valence-corrected chi connectivity index (χ0v) is 23.5. The van der Waals surface area contributed by atoms with E-state index in [1.807, 2.05) is 0 Å². The average Bonchev–Trinajstić information content (AvgIpc) is 3.55. The molecule has 220 valence electrons. The molecule has 42 heavy (non-hydrogen) atoms. The molecule has 1 aliphatic heterocycles. The molecule has 1 aliphatic carbocycles. The van der Waals surface area contributed by atoms with Gasteiger partial charge in [0.2, 0.25) is 11.9 Å². The van der Waals surface area contributed by atoms with Crippen molar-refractivity contribution in [2.75, 3.05) is 37.0 Å². The number of hydrogen-bond acceptors (Lipinski definition) is 11. The highest BCUT2D eigenvalue weighted by Crippen LogP contribution is 2.59. The average molecular weight is 602 g/mol. The van der Waals surface area contributed by atoms with Crippen LogP contribution in [0.5, 0.6) is 0 Å². The number of nitrogens with zero attached hydrogens (tertiary/aromatic N) is 8. The van der Waals surface area contributed by atoms with E-state index in [0.29, 0.717) is 16.5 Å².